The molecule has 0 radical (unpaired) electrons. The summed E-state index contributed by atoms with van der Waals surface area (Å²) in [5.41, 5.74) is -0.0603. The highest BCUT2D eigenvalue weighted by molar-refractivity contribution is 9.11. The maximum atomic E-state index is 11.7. The van der Waals surface area contributed by atoms with Gasteiger partial charge in [0.15, 0.2) is 19.8 Å². The van der Waals surface area contributed by atoms with E-state index in [1.165, 1.54) is 12.1 Å². The number of Topliss-reactive ketones (excluding diaryl/α,β-unsaturated/α-hetero) is 1. The van der Waals surface area contributed by atoms with Crippen LogP contribution in [0.5, 0.6) is 0 Å². The van der Waals surface area contributed by atoms with Crippen LogP contribution in [-0.2, 0) is 9.84 Å². The Kier molecular flexibility index (Phi) is 3.99. The number of halogens is 1. The van der Waals surface area contributed by atoms with E-state index in [0.717, 1.165) is 18.4 Å². The third kappa shape index (κ3) is 3.34. The maximum absolute atomic E-state index is 11.7. The van der Waals surface area contributed by atoms with Gasteiger partial charge in [-0.3, -0.25) is 14.9 Å². The Balaban J connectivity index is 3.03. The zero-order valence-electron chi connectivity index (χ0n) is 8.66. The monoisotopic (exact) mass is 321 g/mol. The van der Waals surface area contributed by atoms with Gasteiger partial charge < -0.3 is 0 Å². The van der Waals surface area contributed by atoms with Gasteiger partial charge in [-0.25, -0.2) is 8.42 Å². The lowest BCUT2D eigenvalue weighted by atomic mass is 10.1. The van der Waals surface area contributed by atoms with Crippen molar-refractivity contribution in [2.75, 3.05) is 6.26 Å². The summed E-state index contributed by atoms with van der Waals surface area (Å²) >= 11 is 2.78. The number of hydrogen-bond donors (Lipinski definition) is 0. The molecule has 17 heavy (non-hydrogen) atoms. The Hall–Kier alpha value is -1.28. The second-order valence-corrected chi connectivity index (χ2v) is 6.97. The van der Waals surface area contributed by atoms with Gasteiger partial charge >= 0.3 is 0 Å². The van der Waals surface area contributed by atoms with Crippen LogP contribution in [0.4, 0.5) is 5.69 Å². The van der Waals surface area contributed by atoms with E-state index in [-0.39, 0.29) is 11.3 Å². The molecule has 6 nitrogen and oxygen atoms in total. The first-order valence-electron chi connectivity index (χ1n) is 4.35. The molecule has 0 aliphatic rings. The van der Waals surface area contributed by atoms with Crippen molar-refractivity contribution in [2.24, 2.45) is 0 Å². The van der Waals surface area contributed by atoms with Crippen molar-refractivity contribution in [1.29, 1.82) is 0 Å². The predicted molar refractivity (Wildman–Crippen MR) is 65.0 cm³/mol. The number of non-ortho nitro benzene ring substituents is 1. The van der Waals surface area contributed by atoms with Crippen molar-refractivity contribution in [1.82, 2.24) is 0 Å². The second-order valence-electron chi connectivity index (χ2n) is 3.31. The molecule has 0 N–H and O–H groups in total. The molecule has 0 bridgehead atoms. The molecule has 0 heterocycles. The number of nitro groups is 1. The van der Waals surface area contributed by atoms with Crippen LogP contribution in [0.2, 0.25) is 0 Å². The average molecular weight is 322 g/mol. The van der Waals surface area contributed by atoms with Crippen LogP contribution in [0, 0.1) is 10.1 Å². The largest absolute Gasteiger partial charge is 0.292 e. The van der Waals surface area contributed by atoms with E-state index in [0.29, 0.717) is 0 Å². The van der Waals surface area contributed by atoms with Gasteiger partial charge in [-0.15, -0.1) is 0 Å². The van der Waals surface area contributed by atoms with E-state index < -0.39 is 24.7 Å². The van der Waals surface area contributed by atoms with Crippen LogP contribution < -0.4 is 0 Å². The molecule has 0 amide bonds. The summed E-state index contributed by atoms with van der Waals surface area (Å²) in [7, 11) is -3.54. The van der Waals surface area contributed by atoms with Crippen molar-refractivity contribution in [3.05, 3.63) is 39.9 Å². The van der Waals surface area contributed by atoms with Gasteiger partial charge in [0.2, 0.25) is 0 Å². The van der Waals surface area contributed by atoms with E-state index in [2.05, 4.69) is 15.9 Å². The number of benzene rings is 1. The van der Waals surface area contributed by atoms with Crippen LogP contribution in [0.15, 0.2) is 24.3 Å². The summed E-state index contributed by atoms with van der Waals surface area (Å²) < 4.78 is 21.0. The number of alkyl halides is 1. The fourth-order valence-electron chi connectivity index (χ4n) is 1.07. The van der Waals surface area contributed by atoms with Gasteiger partial charge in [0.1, 0.15) is 0 Å². The van der Waals surface area contributed by atoms with Crippen molar-refractivity contribution < 1.29 is 18.1 Å². The molecule has 1 aromatic rings. The molecule has 1 aromatic carbocycles. The summed E-state index contributed by atoms with van der Waals surface area (Å²) in [5, 5.41) is 10.4. The smallest absolute Gasteiger partial charge is 0.269 e. The Morgan fingerprint density at radius 3 is 2.18 bits per heavy atom. The highest BCUT2D eigenvalue weighted by Gasteiger charge is 2.26. The lowest BCUT2D eigenvalue weighted by Crippen LogP contribution is -2.23. The zero-order chi connectivity index (χ0) is 13.2. The highest BCUT2D eigenvalue weighted by atomic mass is 79.9. The Morgan fingerprint density at radius 2 is 1.82 bits per heavy atom. The summed E-state index contributed by atoms with van der Waals surface area (Å²) in [5.74, 6) is -0.651. The van der Waals surface area contributed by atoms with Crippen LogP contribution in [-0.4, -0.2) is 29.5 Å². The van der Waals surface area contributed by atoms with E-state index in [1.807, 2.05) is 0 Å². The van der Waals surface area contributed by atoms with Gasteiger partial charge in [0, 0.05) is 24.0 Å². The first-order valence-corrected chi connectivity index (χ1v) is 7.22. The SMILES string of the molecule is CS(=O)(=O)[C@H](Br)C(=O)c1ccc([N+](=O)[O-])cc1. The predicted octanol–water partition coefficient (Wildman–Crippen LogP) is 1.54. The third-order valence-electron chi connectivity index (χ3n) is 1.94. The quantitative estimate of drug-likeness (QED) is 0.363. The van der Waals surface area contributed by atoms with Crippen LogP contribution >= 0.6 is 15.9 Å². The van der Waals surface area contributed by atoms with Crippen molar-refractivity contribution in [3.63, 3.8) is 0 Å². The molecule has 0 aromatic heterocycles. The second kappa shape index (κ2) is 4.92. The highest BCUT2D eigenvalue weighted by Crippen LogP contribution is 2.18. The minimum absolute atomic E-state index is 0.0999. The van der Waals surface area contributed by atoms with Crippen LogP contribution in [0.25, 0.3) is 0 Å². The summed E-state index contributed by atoms with van der Waals surface area (Å²) in [6, 6.07) is 4.74. The van der Waals surface area contributed by atoms with E-state index >= 15 is 0 Å². The van der Waals surface area contributed by atoms with Gasteiger partial charge in [-0.2, -0.15) is 0 Å². The Bertz CT molecular complexity index is 551. The molecule has 0 spiro atoms. The van der Waals surface area contributed by atoms with Gasteiger partial charge in [0.25, 0.3) is 5.69 Å². The number of carbonyl (C=O) groups excluding carboxylic acids is 1. The first-order chi connectivity index (χ1) is 7.73. The minimum Gasteiger partial charge on any atom is -0.292 e. The molecule has 1 rings (SSSR count). The van der Waals surface area contributed by atoms with Gasteiger partial charge in [-0.1, -0.05) is 15.9 Å². The Morgan fingerprint density at radius 1 is 1.35 bits per heavy atom. The summed E-state index contributed by atoms with van der Waals surface area (Å²) in [6.45, 7) is 0. The van der Waals surface area contributed by atoms with Crippen LogP contribution in [0.1, 0.15) is 10.4 Å². The molecular formula is C9H8BrNO5S. The summed E-state index contributed by atoms with van der Waals surface area (Å²) in [6.07, 6.45) is 0.926. The normalized spacial score (nSPS) is 13.1. The molecule has 92 valence electrons. The molecule has 8 heteroatoms. The molecule has 0 unspecified atom stereocenters. The van der Waals surface area contributed by atoms with Gasteiger partial charge in [0.05, 0.1) is 4.92 Å². The third-order valence-corrected chi connectivity index (χ3v) is 5.36. The fourth-order valence-corrected chi connectivity index (χ4v) is 1.86. The molecular weight excluding hydrogens is 314 g/mol. The zero-order valence-corrected chi connectivity index (χ0v) is 11.1. The maximum Gasteiger partial charge on any atom is 0.269 e. The van der Waals surface area contributed by atoms with E-state index in [4.69, 9.17) is 0 Å². The number of nitro benzene ring substituents is 1. The minimum atomic E-state index is -3.54. The number of carbonyl (C=O) groups is 1. The van der Waals surface area contributed by atoms with Crippen LogP contribution in [0.3, 0.4) is 0 Å². The number of sulfone groups is 1. The van der Waals surface area contributed by atoms with Crippen molar-refractivity contribution >= 4 is 37.2 Å². The molecule has 0 fully saturated rings. The van der Waals surface area contributed by atoms with E-state index in [9.17, 15) is 23.3 Å². The number of rotatable bonds is 4. The van der Waals surface area contributed by atoms with Gasteiger partial charge in [-0.05, 0) is 12.1 Å². The Labute approximate surface area is 106 Å². The molecule has 0 aliphatic heterocycles. The summed E-state index contributed by atoms with van der Waals surface area (Å²) in [4.78, 5) is 21.5. The average Bonchev–Trinajstić information content (AvgIpc) is 2.26. The van der Waals surface area contributed by atoms with Crippen molar-refractivity contribution in [3.8, 4) is 0 Å². The number of nitrogens with zero attached hydrogens (tertiary/aromatic N) is 1. The van der Waals surface area contributed by atoms with Crippen molar-refractivity contribution in [2.45, 2.75) is 4.16 Å². The first kappa shape index (κ1) is 13.8. The standard InChI is InChI=1S/C9H8BrNO5S/c1-17(15,16)9(10)8(12)6-2-4-7(5-3-6)11(13)14/h2-5,9H,1H3/t9-/m0/s1. The molecule has 0 saturated heterocycles. The number of ketones is 1. The lowest BCUT2D eigenvalue weighted by Gasteiger charge is -2.06. The molecule has 1 atom stereocenters. The number of hydrogen-bond acceptors (Lipinski definition) is 5. The lowest BCUT2D eigenvalue weighted by molar-refractivity contribution is -0.384. The fraction of sp³-hybridized carbons (Fsp3) is 0.222. The molecule has 0 saturated carbocycles. The van der Waals surface area contributed by atoms with E-state index in [1.54, 1.807) is 0 Å². The topological polar surface area (TPSA) is 94.3 Å². The molecule has 0 aliphatic carbocycles.